The summed E-state index contributed by atoms with van der Waals surface area (Å²) in [7, 11) is 0. The summed E-state index contributed by atoms with van der Waals surface area (Å²) in [6.07, 6.45) is -1.28. The summed E-state index contributed by atoms with van der Waals surface area (Å²) >= 11 is 0. The summed E-state index contributed by atoms with van der Waals surface area (Å²) in [6, 6.07) is 7.44. The molecule has 1 aromatic carbocycles. The van der Waals surface area contributed by atoms with Crippen molar-refractivity contribution in [2.75, 3.05) is 0 Å². The van der Waals surface area contributed by atoms with Crippen LogP contribution < -0.4 is 11.1 Å². The first kappa shape index (κ1) is 18.4. The molecule has 0 aliphatic carbocycles. The van der Waals surface area contributed by atoms with E-state index in [4.69, 9.17) is 10.8 Å². The normalized spacial score (nSPS) is 11.4. The summed E-state index contributed by atoms with van der Waals surface area (Å²) in [4.78, 5) is 30.9. The van der Waals surface area contributed by atoms with Crippen LogP contribution in [0, 0.1) is 0 Å². The Bertz CT molecular complexity index is 468. The van der Waals surface area contributed by atoms with Gasteiger partial charge in [0.05, 0.1) is 0 Å². The Kier molecular flexibility index (Phi) is 7.52. The second-order valence-electron chi connectivity index (χ2n) is 5.02. The predicted octanol–water partition coefficient (Wildman–Crippen LogP) is 1.44. The minimum absolute atomic E-state index is 0.318. The predicted molar refractivity (Wildman–Crippen MR) is 76.4 cm³/mol. The van der Waals surface area contributed by atoms with E-state index in [1.807, 2.05) is 26.1 Å². The van der Waals surface area contributed by atoms with E-state index in [1.165, 1.54) is 0 Å². The van der Waals surface area contributed by atoms with Crippen molar-refractivity contribution in [2.45, 2.75) is 32.4 Å². The van der Waals surface area contributed by atoms with Crippen LogP contribution in [0.4, 0.5) is 4.79 Å². The molecule has 0 spiro atoms. The van der Waals surface area contributed by atoms with Crippen molar-refractivity contribution in [1.29, 1.82) is 0 Å². The first-order valence-corrected chi connectivity index (χ1v) is 6.12. The van der Waals surface area contributed by atoms with E-state index in [1.54, 1.807) is 30.3 Å². The Morgan fingerprint density at radius 3 is 2.10 bits per heavy atom. The summed E-state index contributed by atoms with van der Waals surface area (Å²) in [5, 5.41) is 10.5. The van der Waals surface area contributed by atoms with E-state index >= 15 is 0 Å². The molecule has 7 nitrogen and oxygen atoms in total. The van der Waals surface area contributed by atoms with Crippen molar-refractivity contribution in [3.05, 3.63) is 35.9 Å². The Morgan fingerprint density at radius 1 is 1.29 bits per heavy atom. The third-order valence-electron chi connectivity index (χ3n) is 2.09. The molecule has 0 fully saturated rings. The van der Waals surface area contributed by atoms with Gasteiger partial charge >= 0.3 is 6.09 Å². The van der Waals surface area contributed by atoms with Crippen molar-refractivity contribution in [1.82, 2.24) is 5.32 Å². The monoisotopic (exact) mass is 296 g/mol. The number of rotatable bonds is 4. The summed E-state index contributed by atoms with van der Waals surface area (Å²) in [5.41, 5.74) is 5.26. The van der Waals surface area contributed by atoms with E-state index in [0.29, 0.717) is 12.0 Å². The molecular formula is C14H20N2O5. The molecule has 0 aromatic heterocycles. The minimum atomic E-state index is -1.28. The number of nitrogens with two attached hydrogens (primary N) is 1. The molecule has 7 heteroatoms. The molecule has 4 N–H and O–H groups in total. The van der Waals surface area contributed by atoms with Gasteiger partial charge in [-0.25, -0.2) is 4.79 Å². The van der Waals surface area contributed by atoms with Crippen LogP contribution in [0.15, 0.2) is 30.3 Å². The number of primary amides is 1. The number of hydrogen-bond acceptors (Lipinski definition) is 4. The fraction of sp³-hybridized carbons (Fsp3) is 0.357. The lowest BCUT2D eigenvalue weighted by atomic mass is 10.1. The molecule has 1 rings (SSSR count). The number of benzene rings is 1. The second kappa shape index (κ2) is 8.57. The first-order chi connectivity index (χ1) is 9.67. The fourth-order valence-electron chi connectivity index (χ4n) is 1.23. The van der Waals surface area contributed by atoms with Crippen LogP contribution in [-0.4, -0.2) is 29.2 Å². The van der Waals surface area contributed by atoms with Crippen molar-refractivity contribution < 1.29 is 24.2 Å². The van der Waals surface area contributed by atoms with Gasteiger partial charge in [-0.1, -0.05) is 30.3 Å². The molecule has 116 valence electrons. The lowest BCUT2D eigenvalue weighted by Gasteiger charge is -2.14. The molecule has 1 aromatic rings. The quantitative estimate of drug-likeness (QED) is 0.726. The van der Waals surface area contributed by atoms with Gasteiger partial charge < -0.3 is 20.9 Å². The number of ether oxygens (including phenoxy) is 1. The molecule has 2 amide bonds. The SMILES string of the molecule is CC(C)(C)OC=O.NC(=O)C(NC(=O)O)c1ccccc1. The molecule has 0 saturated carbocycles. The summed E-state index contributed by atoms with van der Waals surface area (Å²) < 4.78 is 4.55. The molecule has 21 heavy (non-hydrogen) atoms. The zero-order valence-corrected chi connectivity index (χ0v) is 12.2. The largest absolute Gasteiger partial charge is 0.465 e. The Balaban J connectivity index is 0.000000486. The highest BCUT2D eigenvalue weighted by atomic mass is 16.5. The molecular weight excluding hydrogens is 276 g/mol. The van der Waals surface area contributed by atoms with Gasteiger partial charge in [-0.15, -0.1) is 0 Å². The van der Waals surface area contributed by atoms with Crippen molar-refractivity contribution in [3.63, 3.8) is 0 Å². The summed E-state index contributed by atoms with van der Waals surface area (Å²) in [5.74, 6) is -0.724. The highest BCUT2D eigenvalue weighted by molar-refractivity contribution is 5.85. The average Bonchev–Trinajstić information content (AvgIpc) is 2.36. The topological polar surface area (TPSA) is 119 Å². The van der Waals surface area contributed by atoms with Gasteiger partial charge in [0, 0.05) is 0 Å². The smallest absolute Gasteiger partial charge is 0.405 e. The van der Waals surface area contributed by atoms with Gasteiger partial charge in [0.2, 0.25) is 5.91 Å². The molecule has 0 saturated heterocycles. The van der Waals surface area contributed by atoms with Gasteiger partial charge in [-0.3, -0.25) is 9.59 Å². The molecule has 1 atom stereocenters. The zero-order chi connectivity index (χ0) is 16.5. The maximum atomic E-state index is 10.9. The Hall–Kier alpha value is -2.57. The van der Waals surface area contributed by atoms with Crippen LogP contribution in [-0.2, 0) is 14.3 Å². The second-order valence-corrected chi connectivity index (χ2v) is 5.02. The molecule has 0 bridgehead atoms. The first-order valence-electron chi connectivity index (χ1n) is 6.12. The fourth-order valence-corrected chi connectivity index (χ4v) is 1.23. The van der Waals surface area contributed by atoms with Crippen LogP contribution in [0.25, 0.3) is 0 Å². The third-order valence-corrected chi connectivity index (χ3v) is 2.09. The highest BCUT2D eigenvalue weighted by Gasteiger charge is 2.18. The maximum absolute atomic E-state index is 10.9. The van der Waals surface area contributed by atoms with Gasteiger partial charge in [0.15, 0.2) is 0 Å². The van der Waals surface area contributed by atoms with Crippen LogP contribution in [0.5, 0.6) is 0 Å². The van der Waals surface area contributed by atoms with Crippen LogP contribution in [0.3, 0.4) is 0 Å². The Morgan fingerprint density at radius 2 is 1.81 bits per heavy atom. The van der Waals surface area contributed by atoms with Crippen LogP contribution >= 0.6 is 0 Å². The van der Waals surface area contributed by atoms with E-state index in [2.05, 4.69) is 4.74 Å². The minimum Gasteiger partial charge on any atom is -0.465 e. The molecule has 1 unspecified atom stereocenters. The van der Waals surface area contributed by atoms with Crippen molar-refractivity contribution in [3.8, 4) is 0 Å². The van der Waals surface area contributed by atoms with E-state index in [0.717, 1.165) is 0 Å². The lowest BCUT2D eigenvalue weighted by molar-refractivity contribution is -0.138. The number of nitrogens with one attached hydrogen (secondary N) is 1. The highest BCUT2D eigenvalue weighted by Crippen LogP contribution is 2.11. The molecule has 0 radical (unpaired) electrons. The van der Waals surface area contributed by atoms with E-state index < -0.39 is 18.0 Å². The van der Waals surface area contributed by atoms with Gasteiger partial charge in [-0.05, 0) is 26.3 Å². The van der Waals surface area contributed by atoms with Crippen LogP contribution in [0.1, 0.15) is 32.4 Å². The molecule has 0 aliphatic heterocycles. The lowest BCUT2D eigenvalue weighted by Crippen LogP contribution is -2.36. The zero-order valence-electron chi connectivity index (χ0n) is 12.2. The number of carbonyl (C=O) groups excluding carboxylic acids is 2. The van der Waals surface area contributed by atoms with Crippen molar-refractivity contribution >= 4 is 18.5 Å². The van der Waals surface area contributed by atoms with Crippen molar-refractivity contribution in [2.24, 2.45) is 5.73 Å². The standard InChI is InChI=1S/C9H10N2O3.C5H10O2/c10-8(12)7(11-9(13)14)6-4-2-1-3-5-6;1-5(2,3)7-4-6/h1-5,7,11H,(H2,10,12)(H,13,14);4H,1-3H3. The van der Waals surface area contributed by atoms with E-state index in [-0.39, 0.29) is 5.60 Å². The van der Waals surface area contributed by atoms with E-state index in [9.17, 15) is 14.4 Å². The summed E-state index contributed by atoms with van der Waals surface area (Å²) in [6.45, 7) is 5.92. The third kappa shape index (κ3) is 9.04. The number of amides is 2. The molecule has 0 aliphatic rings. The average molecular weight is 296 g/mol. The number of carbonyl (C=O) groups is 3. The maximum Gasteiger partial charge on any atom is 0.405 e. The number of hydrogen-bond donors (Lipinski definition) is 3. The van der Waals surface area contributed by atoms with Gasteiger partial charge in [-0.2, -0.15) is 0 Å². The molecule has 0 heterocycles. The Labute approximate surface area is 123 Å². The number of carboxylic acid groups (broad SMARTS) is 1. The van der Waals surface area contributed by atoms with Gasteiger partial charge in [0.25, 0.3) is 6.47 Å². The van der Waals surface area contributed by atoms with Gasteiger partial charge in [0.1, 0.15) is 11.6 Å². The van der Waals surface area contributed by atoms with Crippen LogP contribution in [0.2, 0.25) is 0 Å².